The first kappa shape index (κ1) is 74.2. The summed E-state index contributed by atoms with van der Waals surface area (Å²) in [7, 11) is 0. The number of esters is 4. The summed E-state index contributed by atoms with van der Waals surface area (Å²) in [6.07, 6.45) is 47.6. The van der Waals surface area contributed by atoms with Crippen LogP contribution in [0.1, 0.15) is 309 Å². The molecule has 0 heterocycles. The van der Waals surface area contributed by atoms with E-state index in [1.807, 2.05) is 26.0 Å². The van der Waals surface area contributed by atoms with Crippen molar-refractivity contribution in [1.82, 2.24) is 0 Å². The summed E-state index contributed by atoms with van der Waals surface area (Å²) in [5.41, 5.74) is 2.52. The van der Waals surface area contributed by atoms with E-state index < -0.39 is 30.1 Å². The maximum atomic E-state index is 13.4. The number of ketones is 1. The van der Waals surface area contributed by atoms with Crippen molar-refractivity contribution in [2.24, 2.45) is 46.3 Å². The smallest absolute Gasteiger partial charge is 0.462 e. The molecule has 4 fully saturated rings. The van der Waals surface area contributed by atoms with Crippen LogP contribution in [0.5, 0.6) is 5.75 Å². The van der Waals surface area contributed by atoms with Gasteiger partial charge in [0, 0.05) is 31.6 Å². The average Bonchev–Trinajstić information content (AvgIpc) is 1.53. The zero-order valence-corrected chi connectivity index (χ0v) is 56.7. The number of unbranched alkanes of at least 4 members (excludes halogenated alkanes) is 22. The molecule has 4 aliphatic carbocycles. The van der Waals surface area contributed by atoms with E-state index in [0.29, 0.717) is 59.2 Å². The number of carbonyl (C=O) groups excluding carboxylic acids is 6. The Morgan fingerprint density at radius 1 is 0.545 bits per heavy atom. The largest absolute Gasteiger partial charge is 0.508 e. The molecule has 0 aromatic heterocycles. The van der Waals surface area contributed by atoms with E-state index in [1.54, 1.807) is 13.8 Å². The summed E-state index contributed by atoms with van der Waals surface area (Å²) in [5, 5.41) is 0. The quantitative estimate of drug-likeness (QED) is 0.0200. The van der Waals surface area contributed by atoms with Crippen molar-refractivity contribution in [3.63, 3.8) is 0 Å². The molecule has 4 aliphatic rings. The molecule has 1 aromatic rings. The molecular weight excluding hydrogens is 1100 g/mol. The summed E-state index contributed by atoms with van der Waals surface area (Å²) in [6.45, 7) is 16.2. The third-order valence-electron chi connectivity index (χ3n) is 20.9. The molecule has 0 bridgehead atoms. The first-order valence-electron chi connectivity index (χ1n) is 35.9. The molecule has 0 spiro atoms. The van der Waals surface area contributed by atoms with Crippen LogP contribution in [-0.2, 0) is 54.3 Å². The first-order valence-corrected chi connectivity index (χ1v) is 35.9. The van der Waals surface area contributed by atoms with Crippen molar-refractivity contribution in [3.05, 3.63) is 53.1 Å². The van der Waals surface area contributed by atoms with Gasteiger partial charge in [0.05, 0.1) is 0 Å². The SMILES string of the molecule is CCCCCCCCC=CCCCCCCCC(=O)OCC(COC(=O)CCCCCCC/C=C\CCCCCCCC)OC(=O)CC(C)CC(=O)Oc1c(C)cc(COC(=O)O[C@H]2CC[C@@]3(C)[C@@H](CC[C@@H]4[C@@H]3CC[C@]3(C)[C@@H](C(C)=O)CC[C@@H]43)C2)cc1C. The number of aryl methyl sites for hydroxylation is 2. The zero-order chi connectivity index (χ0) is 63.6. The highest BCUT2D eigenvalue weighted by Crippen LogP contribution is 2.67. The molecule has 12 nitrogen and oxygen atoms in total. The lowest BCUT2D eigenvalue weighted by Crippen LogP contribution is -2.54. The number of fused-ring (bicyclic) bond motifs is 5. The minimum absolute atomic E-state index is 0.0159. The lowest BCUT2D eigenvalue weighted by atomic mass is 9.44. The van der Waals surface area contributed by atoms with Crippen molar-refractivity contribution in [2.45, 2.75) is 325 Å². The van der Waals surface area contributed by atoms with Crippen LogP contribution in [0, 0.1) is 60.2 Å². The van der Waals surface area contributed by atoms with Crippen molar-refractivity contribution >= 4 is 35.8 Å². The van der Waals surface area contributed by atoms with Crippen LogP contribution in [0.15, 0.2) is 36.4 Å². The normalized spacial score (nSPS) is 23.8. The van der Waals surface area contributed by atoms with E-state index in [2.05, 4.69) is 52.0 Å². The molecular formula is C76H122O12. The van der Waals surface area contributed by atoms with Gasteiger partial charge in [-0.2, -0.15) is 0 Å². The summed E-state index contributed by atoms with van der Waals surface area (Å²) in [5.74, 6) is 1.14. The van der Waals surface area contributed by atoms with Crippen LogP contribution in [0.3, 0.4) is 0 Å². The van der Waals surface area contributed by atoms with Gasteiger partial charge in [-0.25, -0.2) is 4.79 Å². The van der Waals surface area contributed by atoms with Gasteiger partial charge in [-0.15, -0.1) is 0 Å². The van der Waals surface area contributed by atoms with Gasteiger partial charge >= 0.3 is 30.0 Å². The van der Waals surface area contributed by atoms with E-state index in [0.717, 1.165) is 121 Å². The highest BCUT2D eigenvalue weighted by molar-refractivity contribution is 5.79. The fourth-order valence-electron chi connectivity index (χ4n) is 15.9. The minimum Gasteiger partial charge on any atom is -0.462 e. The predicted octanol–water partition coefficient (Wildman–Crippen LogP) is 20.0. The van der Waals surface area contributed by atoms with Crippen LogP contribution >= 0.6 is 0 Å². The molecule has 1 aromatic carbocycles. The van der Waals surface area contributed by atoms with Gasteiger partial charge in [-0.05, 0) is 212 Å². The second kappa shape index (κ2) is 41.1. The molecule has 498 valence electrons. The Bertz CT molecular complexity index is 2220. The highest BCUT2D eigenvalue weighted by Gasteiger charge is 2.61. The Morgan fingerprint density at radius 3 is 1.55 bits per heavy atom. The van der Waals surface area contributed by atoms with Crippen LogP contribution < -0.4 is 4.74 Å². The van der Waals surface area contributed by atoms with Crippen molar-refractivity contribution in [3.8, 4) is 5.75 Å². The fourth-order valence-corrected chi connectivity index (χ4v) is 15.9. The number of ether oxygens (including phenoxy) is 6. The molecule has 0 radical (unpaired) electrons. The predicted molar refractivity (Wildman–Crippen MR) is 352 cm³/mol. The Morgan fingerprint density at radius 2 is 1.02 bits per heavy atom. The van der Waals surface area contributed by atoms with Crippen molar-refractivity contribution < 1.29 is 57.2 Å². The Kier molecular flexibility index (Phi) is 34.7. The summed E-state index contributed by atoms with van der Waals surface area (Å²) >= 11 is 0. The first-order chi connectivity index (χ1) is 42.5. The van der Waals surface area contributed by atoms with Gasteiger partial charge in [-0.1, -0.05) is 162 Å². The van der Waals surface area contributed by atoms with E-state index in [9.17, 15) is 28.8 Å². The third kappa shape index (κ3) is 26.0. The van der Waals surface area contributed by atoms with Gasteiger partial charge in [0.15, 0.2) is 6.10 Å². The minimum atomic E-state index is -0.990. The number of rotatable bonds is 44. The van der Waals surface area contributed by atoms with E-state index in [-0.39, 0.29) is 80.3 Å². The number of hydrogen-bond acceptors (Lipinski definition) is 12. The Hall–Kier alpha value is -4.48. The van der Waals surface area contributed by atoms with E-state index in [1.165, 1.54) is 96.3 Å². The van der Waals surface area contributed by atoms with Gasteiger partial charge < -0.3 is 28.4 Å². The second-order valence-electron chi connectivity index (χ2n) is 28.2. The highest BCUT2D eigenvalue weighted by atomic mass is 16.7. The molecule has 0 aliphatic heterocycles. The number of allylic oxidation sites excluding steroid dienone is 4. The number of benzene rings is 1. The molecule has 4 saturated carbocycles. The van der Waals surface area contributed by atoms with Gasteiger partial charge in [0.25, 0.3) is 0 Å². The number of Topliss-reactive ketones (excluding diaryl/α,β-unsaturated/α-hetero) is 1. The molecule has 12 heteroatoms. The molecule has 10 atom stereocenters. The summed E-state index contributed by atoms with van der Waals surface area (Å²) < 4.78 is 34.5. The Labute approximate surface area is 533 Å². The molecule has 88 heavy (non-hydrogen) atoms. The van der Waals surface area contributed by atoms with E-state index in [4.69, 9.17) is 28.4 Å². The van der Waals surface area contributed by atoms with Gasteiger partial charge in [0.1, 0.15) is 37.5 Å². The second-order valence-corrected chi connectivity index (χ2v) is 28.2. The van der Waals surface area contributed by atoms with Gasteiger partial charge in [0.2, 0.25) is 0 Å². The van der Waals surface area contributed by atoms with E-state index >= 15 is 0 Å². The maximum absolute atomic E-state index is 13.4. The zero-order valence-electron chi connectivity index (χ0n) is 56.7. The van der Waals surface area contributed by atoms with Crippen LogP contribution in [-0.4, -0.2) is 61.2 Å². The monoisotopic (exact) mass is 1230 g/mol. The molecule has 0 amide bonds. The Balaban J connectivity index is 1.00. The number of carbonyl (C=O) groups is 6. The standard InChI is InChI=1S/C76H122O12/c1-9-11-13-15-17-19-21-23-25-27-29-31-33-35-37-39-69(78)83-55-64(56-84-70(79)40-38-36-34-32-30-28-26-24-22-20-18-16-14-12-10-2)86-71(80)49-57(3)50-72(81)88-73-58(4)51-61(52-59(73)5)54-85-74(82)87-63-45-47-75(7)62(53-63)41-42-65-67-44-43-66(60(6)77)76(67,8)48-46-68(65)75/h23-26,51-52,57,62-68H,9-22,27-50,53-56H2,1-8H3/b25-23-,26-24?/t57?,62-,63-,64?,65-,66+,67-,68-,75-,76+/m0/s1. The average molecular weight is 1230 g/mol. The summed E-state index contributed by atoms with van der Waals surface area (Å²) in [4.78, 5) is 78.3. The van der Waals surface area contributed by atoms with Crippen LogP contribution in [0.2, 0.25) is 0 Å². The number of hydrogen-bond donors (Lipinski definition) is 0. The lowest BCUT2D eigenvalue weighted by Gasteiger charge is -2.61. The third-order valence-corrected chi connectivity index (χ3v) is 20.9. The molecule has 0 saturated heterocycles. The molecule has 0 N–H and O–H groups in total. The fraction of sp³-hybridized carbons (Fsp3) is 0.789. The van der Waals surface area contributed by atoms with Gasteiger partial charge in [-0.3, -0.25) is 24.0 Å². The molecule has 2 unspecified atom stereocenters. The van der Waals surface area contributed by atoms with Crippen LogP contribution in [0.25, 0.3) is 0 Å². The lowest BCUT2D eigenvalue weighted by molar-refractivity contribution is -0.167. The topological polar surface area (TPSA) is 158 Å². The maximum Gasteiger partial charge on any atom is 0.508 e. The molecule has 5 rings (SSSR count). The van der Waals surface area contributed by atoms with Crippen molar-refractivity contribution in [2.75, 3.05) is 13.2 Å². The van der Waals surface area contributed by atoms with Crippen molar-refractivity contribution in [1.29, 1.82) is 0 Å². The van der Waals surface area contributed by atoms with Crippen LogP contribution in [0.4, 0.5) is 4.79 Å². The summed E-state index contributed by atoms with van der Waals surface area (Å²) in [6, 6.07) is 3.67.